The van der Waals surface area contributed by atoms with E-state index >= 15 is 0 Å². The van der Waals surface area contributed by atoms with Gasteiger partial charge in [0.2, 0.25) is 5.95 Å². The van der Waals surface area contributed by atoms with E-state index in [0.717, 1.165) is 31.6 Å². The van der Waals surface area contributed by atoms with Gasteiger partial charge in [-0.1, -0.05) is 24.4 Å². The lowest BCUT2D eigenvalue weighted by Crippen LogP contribution is -2.27. The van der Waals surface area contributed by atoms with E-state index in [1.165, 1.54) is 31.0 Å². The first-order valence-electron chi connectivity index (χ1n) is 8.40. The van der Waals surface area contributed by atoms with Crippen molar-refractivity contribution in [3.8, 4) is 0 Å². The number of halogens is 2. The number of rotatable bonds is 3. The second kappa shape index (κ2) is 7.78. The molecule has 0 radical (unpaired) electrons. The lowest BCUT2D eigenvalue weighted by atomic mass is 10.2. The zero-order chi connectivity index (χ0) is 17.8. The number of hydrogen-bond donors (Lipinski definition) is 1. The van der Waals surface area contributed by atoms with Crippen LogP contribution >= 0.6 is 11.6 Å². The molecule has 1 N–H and O–H groups in total. The molecule has 0 bridgehead atoms. The van der Waals surface area contributed by atoms with Crippen molar-refractivity contribution in [1.29, 1.82) is 0 Å². The minimum absolute atomic E-state index is 0.0399. The van der Waals surface area contributed by atoms with Crippen molar-refractivity contribution >= 4 is 29.1 Å². The summed E-state index contributed by atoms with van der Waals surface area (Å²) in [5.74, 6) is -0.311. The number of nitrogens with one attached hydrogen (secondary N) is 1. The number of hydrogen-bond acceptors (Lipinski definition) is 4. The normalized spacial score (nSPS) is 14.9. The molecule has 3 rings (SSSR count). The molecule has 2 aromatic rings. The fourth-order valence-electron chi connectivity index (χ4n) is 2.85. The molecular weight excluding hydrogens is 343 g/mol. The second-order valence-electron chi connectivity index (χ2n) is 6.18. The monoisotopic (exact) mass is 362 g/mol. The van der Waals surface area contributed by atoms with Gasteiger partial charge < -0.3 is 10.2 Å². The van der Waals surface area contributed by atoms with E-state index in [1.54, 1.807) is 6.07 Å². The number of aromatic nitrogens is 2. The highest BCUT2D eigenvalue weighted by Gasteiger charge is 2.17. The van der Waals surface area contributed by atoms with Crippen molar-refractivity contribution in [2.75, 3.05) is 23.3 Å². The van der Waals surface area contributed by atoms with Crippen molar-refractivity contribution in [3.05, 3.63) is 46.5 Å². The van der Waals surface area contributed by atoms with Crippen LogP contribution in [0.4, 0.5) is 16.0 Å². The van der Waals surface area contributed by atoms with E-state index in [-0.39, 0.29) is 16.6 Å². The summed E-state index contributed by atoms with van der Waals surface area (Å²) in [5.41, 5.74) is 1.44. The first-order valence-corrected chi connectivity index (χ1v) is 8.78. The van der Waals surface area contributed by atoms with Crippen molar-refractivity contribution in [3.63, 3.8) is 0 Å². The van der Waals surface area contributed by atoms with Crippen LogP contribution in [0.5, 0.6) is 0 Å². The Kier molecular flexibility index (Phi) is 5.48. The molecule has 0 saturated carbocycles. The van der Waals surface area contributed by atoms with Gasteiger partial charge in [0.1, 0.15) is 11.5 Å². The van der Waals surface area contributed by atoms with Crippen LogP contribution in [0.2, 0.25) is 5.02 Å². The topological polar surface area (TPSA) is 58.1 Å². The summed E-state index contributed by atoms with van der Waals surface area (Å²) in [4.78, 5) is 23.5. The minimum Gasteiger partial charge on any atom is -0.341 e. The van der Waals surface area contributed by atoms with Gasteiger partial charge in [0.25, 0.3) is 5.91 Å². The molecule has 1 fully saturated rings. The van der Waals surface area contributed by atoms with Crippen molar-refractivity contribution in [2.24, 2.45) is 0 Å². The lowest BCUT2D eigenvalue weighted by molar-refractivity contribution is 0.102. The highest BCUT2D eigenvalue weighted by Crippen LogP contribution is 2.21. The fourth-order valence-corrected chi connectivity index (χ4v) is 3.03. The second-order valence-corrected chi connectivity index (χ2v) is 6.59. The molecule has 1 saturated heterocycles. The van der Waals surface area contributed by atoms with Gasteiger partial charge in [-0.3, -0.25) is 4.79 Å². The molecule has 7 heteroatoms. The molecule has 132 valence electrons. The smallest absolute Gasteiger partial charge is 0.274 e. The molecule has 1 aliphatic rings. The molecule has 0 unspecified atom stereocenters. The van der Waals surface area contributed by atoms with Crippen molar-refractivity contribution in [1.82, 2.24) is 9.97 Å². The third-order valence-corrected chi connectivity index (χ3v) is 4.43. The molecule has 1 aromatic heterocycles. The van der Waals surface area contributed by atoms with Crippen LogP contribution in [0.3, 0.4) is 0 Å². The summed E-state index contributed by atoms with van der Waals surface area (Å²) in [6, 6.07) is 5.69. The van der Waals surface area contributed by atoms with Crippen LogP contribution in [0.15, 0.2) is 24.3 Å². The Bertz CT molecular complexity index is 776. The molecule has 0 atom stereocenters. The molecule has 1 aromatic carbocycles. The Balaban J connectivity index is 1.80. The molecule has 1 aliphatic heterocycles. The predicted octanol–water partition coefficient (Wildman–Crippen LogP) is 4.21. The van der Waals surface area contributed by atoms with Crippen LogP contribution in [-0.2, 0) is 0 Å². The van der Waals surface area contributed by atoms with E-state index in [0.29, 0.717) is 11.6 Å². The highest BCUT2D eigenvalue weighted by atomic mass is 35.5. The van der Waals surface area contributed by atoms with E-state index < -0.39 is 5.82 Å². The Labute approximate surface area is 151 Å². The number of carbonyl (C=O) groups is 1. The Hall–Kier alpha value is -2.21. The summed E-state index contributed by atoms with van der Waals surface area (Å²) >= 11 is 5.75. The van der Waals surface area contributed by atoms with E-state index in [1.807, 2.05) is 6.92 Å². The average Bonchev–Trinajstić information content (AvgIpc) is 2.87. The standard InChI is InChI=1S/C18H20ClFN4O/c1-12-10-16(17(25)22-13-6-7-15(20)14(19)11-13)23-18(21-12)24-8-4-2-3-5-9-24/h6-7,10-11H,2-5,8-9H2,1H3,(H,22,25). The Morgan fingerprint density at radius 2 is 1.88 bits per heavy atom. The number of benzene rings is 1. The highest BCUT2D eigenvalue weighted by molar-refractivity contribution is 6.31. The molecular formula is C18H20ClFN4O. The maximum absolute atomic E-state index is 13.2. The average molecular weight is 363 g/mol. The molecule has 5 nitrogen and oxygen atoms in total. The van der Waals surface area contributed by atoms with E-state index in [9.17, 15) is 9.18 Å². The summed E-state index contributed by atoms with van der Waals surface area (Å²) < 4.78 is 13.2. The van der Waals surface area contributed by atoms with E-state index in [2.05, 4.69) is 20.2 Å². The zero-order valence-corrected chi connectivity index (χ0v) is 14.8. The van der Waals surface area contributed by atoms with Crippen LogP contribution in [0, 0.1) is 12.7 Å². The molecule has 1 amide bonds. The van der Waals surface area contributed by atoms with E-state index in [4.69, 9.17) is 11.6 Å². The molecule has 0 spiro atoms. The zero-order valence-electron chi connectivity index (χ0n) is 14.1. The maximum Gasteiger partial charge on any atom is 0.274 e. The van der Waals surface area contributed by atoms with Gasteiger partial charge in [-0.15, -0.1) is 0 Å². The number of anilines is 2. The van der Waals surface area contributed by atoms with Crippen LogP contribution in [-0.4, -0.2) is 29.0 Å². The van der Waals surface area contributed by atoms with Gasteiger partial charge >= 0.3 is 0 Å². The summed E-state index contributed by atoms with van der Waals surface area (Å²) in [6.07, 6.45) is 4.63. The lowest BCUT2D eigenvalue weighted by Gasteiger charge is -2.21. The molecule has 0 aliphatic carbocycles. The third kappa shape index (κ3) is 4.45. The number of carbonyl (C=O) groups excluding carboxylic acids is 1. The summed E-state index contributed by atoms with van der Waals surface area (Å²) in [7, 11) is 0. The minimum atomic E-state index is -0.527. The van der Waals surface area contributed by atoms with Gasteiger partial charge in [0.05, 0.1) is 5.02 Å². The maximum atomic E-state index is 13.2. The van der Waals surface area contributed by atoms with Crippen molar-refractivity contribution in [2.45, 2.75) is 32.6 Å². The number of nitrogens with zero attached hydrogens (tertiary/aromatic N) is 3. The first kappa shape index (κ1) is 17.6. The van der Waals surface area contributed by atoms with Gasteiger partial charge in [0.15, 0.2) is 0 Å². The number of aryl methyl sites for hydroxylation is 1. The summed E-state index contributed by atoms with van der Waals surface area (Å²) in [5, 5.41) is 2.66. The number of amides is 1. The van der Waals surface area contributed by atoms with Crippen LogP contribution < -0.4 is 10.2 Å². The largest absolute Gasteiger partial charge is 0.341 e. The predicted molar refractivity (Wildman–Crippen MR) is 96.8 cm³/mol. The Morgan fingerprint density at radius 1 is 1.16 bits per heavy atom. The molecule has 25 heavy (non-hydrogen) atoms. The fraction of sp³-hybridized carbons (Fsp3) is 0.389. The quantitative estimate of drug-likeness (QED) is 0.888. The first-order chi connectivity index (χ1) is 12.0. The van der Waals surface area contributed by atoms with Gasteiger partial charge in [-0.25, -0.2) is 14.4 Å². The SMILES string of the molecule is Cc1cc(C(=O)Nc2ccc(F)c(Cl)c2)nc(N2CCCCCC2)n1. The van der Waals surface area contributed by atoms with Gasteiger partial charge in [-0.2, -0.15) is 0 Å². The van der Waals surface area contributed by atoms with Gasteiger partial charge in [-0.05, 0) is 44.0 Å². The van der Waals surface area contributed by atoms with Gasteiger partial charge in [0, 0.05) is 24.5 Å². The third-order valence-electron chi connectivity index (χ3n) is 4.14. The van der Waals surface area contributed by atoms with Crippen LogP contribution in [0.1, 0.15) is 41.9 Å². The van der Waals surface area contributed by atoms with Crippen molar-refractivity contribution < 1.29 is 9.18 Å². The summed E-state index contributed by atoms with van der Waals surface area (Å²) in [6.45, 7) is 3.64. The Morgan fingerprint density at radius 3 is 2.56 bits per heavy atom. The van der Waals surface area contributed by atoms with Crippen LogP contribution in [0.25, 0.3) is 0 Å². The molecule has 2 heterocycles.